The number of hydrogen-bond acceptors (Lipinski definition) is 6. The van der Waals surface area contributed by atoms with Crippen LogP contribution < -0.4 is 16.0 Å². The quantitative estimate of drug-likeness (QED) is 0.417. The van der Waals surface area contributed by atoms with Crippen molar-refractivity contribution in [3.05, 3.63) is 78.1 Å². The van der Waals surface area contributed by atoms with E-state index in [9.17, 15) is 9.59 Å². The molecule has 8 heteroatoms. The van der Waals surface area contributed by atoms with Crippen molar-refractivity contribution in [1.29, 1.82) is 0 Å². The van der Waals surface area contributed by atoms with Crippen LogP contribution in [0.3, 0.4) is 0 Å². The first-order valence-corrected chi connectivity index (χ1v) is 13.9. The number of carbonyl (C=O) groups excluding carboxylic acids is 2. The van der Waals surface area contributed by atoms with Gasteiger partial charge in [0.1, 0.15) is 0 Å². The van der Waals surface area contributed by atoms with Crippen LogP contribution in [0, 0.1) is 5.92 Å². The van der Waals surface area contributed by atoms with E-state index in [1.165, 1.54) is 0 Å². The maximum atomic E-state index is 13.2. The van der Waals surface area contributed by atoms with Gasteiger partial charge in [-0.2, -0.15) is 0 Å². The molecule has 3 N–H and O–H groups in total. The normalized spacial score (nSPS) is 15.7. The van der Waals surface area contributed by atoms with Crippen molar-refractivity contribution in [1.82, 2.24) is 14.8 Å². The van der Waals surface area contributed by atoms with Gasteiger partial charge in [0, 0.05) is 57.6 Å². The highest BCUT2D eigenvalue weighted by molar-refractivity contribution is 5.98. The maximum absolute atomic E-state index is 13.2. The molecule has 0 spiro atoms. The summed E-state index contributed by atoms with van der Waals surface area (Å²) in [7, 11) is 2.14. The Morgan fingerprint density at radius 3 is 2.54 bits per heavy atom. The van der Waals surface area contributed by atoms with Crippen LogP contribution in [0.4, 0.5) is 11.4 Å². The first-order chi connectivity index (χ1) is 19.0. The summed E-state index contributed by atoms with van der Waals surface area (Å²) in [5.74, 6) is 0.193. The Morgan fingerprint density at radius 2 is 1.82 bits per heavy atom. The molecular formula is C31H38N6O2. The van der Waals surface area contributed by atoms with Gasteiger partial charge in [0.05, 0.1) is 16.9 Å². The average molecular weight is 527 g/mol. The fraction of sp³-hybridized carbons (Fsp3) is 0.387. The molecule has 8 nitrogen and oxygen atoms in total. The van der Waals surface area contributed by atoms with Crippen molar-refractivity contribution in [3.8, 4) is 11.1 Å². The van der Waals surface area contributed by atoms with Gasteiger partial charge in [-0.15, -0.1) is 0 Å². The van der Waals surface area contributed by atoms with E-state index in [0.29, 0.717) is 25.2 Å². The Morgan fingerprint density at radius 1 is 1.03 bits per heavy atom. The van der Waals surface area contributed by atoms with Gasteiger partial charge in [-0.1, -0.05) is 24.3 Å². The highest BCUT2D eigenvalue weighted by Crippen LogP contribution is 2.36. The minimum absolute atomic E-state index is 0.0523. The zero-order chi connectivity index (χ0) is 27.2. The predicted molar refractivity (Wildman–Crippen MR) is 156 cm³/mol. The van der Waals surface area contributed by atoms with Crippen LogP contribution in [0.25, 0.3) is 11.1 Å². The Bertz CT molecular complexity index is 1290. The zero-order valence-corrected chi connectivity index (χ0v) is 22.7. The number of anilines is 2. The van der Waals surface area contributed by atoms with Crippen molar-refractivity contribution in [2.45, 2.75) is 25.8 Å². The molecule has 1 aliphatic heterocycles. The molecule has 0 radical (unpaired) electrons. The second kappa shape index (κ2) is 12.4. The topological polar surface area (TPSA) is 94.8 Å². The van der Waals surface area contributed by atoms with Crippen molar-refractivity contribution in [2.24, 2.45) is 11.7 Å². The van der Waals surface area contributed by atoms with Crippen LogP contribution in [0.15, 0.2) is 67.0 Å². The maximum Gasteiger partial charge on any atom is 0.255 e. The zero-order valence-electron chi connectivity index (χ0n) is 22.7. The third-order valence-electron chi connectivity index (χ3n) is 7.51. The Labute approximate surface area is 230 Å². The summed E-state index contributed by atoms with van der Waals surface area (Å²) in [6.45, 7) is 5.43. The summed E-state index contributed by atoms with van der Waals surface area (Å²) in [5.41, 5.74) is 11.4. The molecule has 5 rings (SSSR count). The highest BCUT2D eigenvalue weighted by Gasteiger charge is 2.30. The molecule has 39 heavy (non-hydrogen) atoms. The summed E-state index contributed by atoms with van der Waals surface area (Å²) in [6.07, 6.45) is 5.93. The number of rotatable bonds is 10. The van der Waals surface area contributed by atoms with Gasteiger partial charge in [-0.25, -0.2) is 0 Å². The first-order valence-electron chi connectivity index (χ1n) is 13.9. The lowest BCUT2D eigenvalue weighted by Gasteiger charge is -2.35. The lowest BCUT2D eigenvalue weighted by Crippen LogP contribution is -2.44. The number of pyridine rings is 1. The number of benzene rings is 2. The molecule has 2 amide bonds. The molecule has 204 valence electrons. The third kappa shape index (κ3) is 6.82. The number of carbonyl (C=O) groups is 2. The molecule has 0 bridgehead atoms. The number of amides is 2. The number of aromatic nitrogens is 1. The number of piperazine rings is 1. The number of nitrogens with one attached hydrogen (secondary N) is 1. The number of likely N-dealkylation sites (N-methyl/N-ethyl adjacent to an activating group) is 1. The van der Waals surface area contributed by atoms with Crippen LogP contribution >= 0.6 is 0 Å². The molecule has 0 unspecified atom stereocenters. The van der Waals surface area contributed by atoms with Gasteiger partial charge >= 0.3 is 0 Å². The monoisotopic (exact) mass is 526 g/mol. The number of nitrogens with zero attached hydrogens (tertiary/aromatic N) is 4. The second-order valence-electron chi connectivity index (χ2n) is 10.6. The average Bonchev–Trinajstić information content (AvgIpc) is 3.82. The molecule has 3 aromatic rings. The molecule has 1 aliphatic carbocycles. The van der Waals surface area contributed by atoms with Crippen molar-refractivity contribution >= 4 is 23.2 Å². The van der Waals surface area contributed by atoms with E-state index in [1.54, 1.807) is 24.5 Å². The van der Waals surface area contributed by atoms with Crippen LogP contribution in [0.2, 0.25) is 0 Å². The van der Waals surface area contributed by atoms with E-state index in [-0.39, 0.29) is 17.7 Å². The van der Waals surface area contributed by atoms with E-state index in [1.807, 2.05) is 17.0 Å². The summed E-state index contributed by atoms with van der Waals surface area (Å²) in [6, 6.07) is 18.2. The molecule has 2 aliphatic rings. The van der Waals surface area contributed by atoms with Crippen molar-refractivity contribution in [2.75, 3.05) is 56.5 Å². The van der Waals surface area contributed by atoms with Gasteiger partial charge in [0.2, 0.25) is 5.91 Å². The minimum atomic E-state index is -0.0523. The van der Waals surface area contributed by atoms with Gasteiger partial charge in [-0.05, 0) is 79.9 Å². The van der Waals surface area contributed by atoms with Gasteiger partial charge in [0.25, 0.3) is 5.91 Å². The van der Waals surface area contributed by atoms with Crippen molar-refractivity contribution < 1.29 is 9.59 Å². The fourth-order valence-electron chi connectivity index (χ4n) is 5.00. The van der Waals surface area contributed by atoms with Gasteiger partial charge in [0.15, 0.2) is 0 Å². The molecule has 2 aromatic carbocycles. The fourth-order valence-corrected chi connectivity index (χ4v) is 5.00. The second-order valence-corrected chi connectivity index (χ2v) is 10.6. The SMILES string of the molecule is CN1CCN(c2ccc(-c3cccc(CN(CCCN)C(=O)c4cccnc4)c3)cc2NC(=O)C2CC2)CC1. The van der Waals surface area contributed by atoms with Gasteiger partial charge < -0.3 is 25.8 Å². The summed E-state index contributed by atoms with van der Waals surface area (Å²) < 4.78 is 0. The highest BCUT2D eigenvalue weighted by atomic mass is 16.2. The lowest BCUT2D eigenvalue weighted by atomic mass is 10.0. The summed E-state index contributed by atoms with van der Waals surface area (Å²) >= 11 is 0. The third-order valence-corrected chi connectivity index (χ3v) is 7.51. The minimum Gasteiger partial charge on any atom is -0.367 e. The van der Waals surface area contributed by atoms with E-state index < -0.39 is 0 Å². The first kappa shape index (κ1) is 26.8. The van der Waals surface area contributed by atoms with Crippen LogP contribution in [-0.2, 0) is 11.3 Å². The van der Waals surface area contributed by atoms with Gasteiger partial charge in [-0.3, -0.25) is 14.6 Å². The van der Waals surface area contributed by atoms with Crippen LogP contribution in [0.1, 0.15) is 35.2 Å². The smallest absolute Gasteiger partial charge is 0.255 e. The molecule has 0 atom stereocenters. The Kier molecular flexibility index (Phi) is 8.54. The standard InChI is InChI=1S/C31H38N6O2/c1-35-15-17-36(18-16-35)29-11-10-26(20-28(29)34-30(38)24-8-9-24)25-6-2-5-23(19-25)22-37(14-4-12-32)31(39)27-7-3-13-33-21-27/h2-3,5-7,10-11,13,19-21,24H,4,8-9,12,14-18,22,32H2,1H3,(H,34,38). The predicted octanol–water partition coefficient (Wildman–Crippen LogP) is 3.84. The molecular weight excluding hydrogens is 488 g/mol. The molecule has 2 heterocycles. The summed E-state index contributed by atoms with van der Waals surface area (Å²) in [5, 5.41) is 3.23. The van der Waals surface area contributed by atoms with Crippen molar-refractivity contribution in [3.63, 3.8) is 0 Å². The van der Waals surface area contributed by atoms with E-state index in [2.05, 4.69) is 57.5 Å². The number of hydrogen-bond donors (Lipinski definition) is 2. The Hall–Kier alpha value is -3.75. The van der Waals surface area contributed by atoms with E-state index in [4.69, 9.17) is 5.73 Å². The Balaban J connectivity index is 1.40. The lowest BCUT2D eigenvalue weighted by molar-refractivity contribution is -0.117. The largest absolute Gasteiger partial charge is 0.367 e. The number of nitrogens with two attached hydrogens (primary N) is 1. The van der Waals surface area contributed by atoms with E-state index in [0.717, 1.165) is 73.5 Å². The van der Waals surface area contributed by atoms with Crippen LogP contribution in [0.5, 0.6) is 0 Å². The van der Waals surface area contributed by atoms with E-state index >= 15 is 0 Å². The molecule has 2 fully saturated rings. The molecule has 1 saturated heterocycles. The summed E-state index contributed by atoms with van der Waals surface area (Å²) in [4.78, 5) is 36.6. The van der Waals surface area contributed by atoms with Crippen LogP contribution in [-0.4, -0.2) is 72.9 Å². The molecule has 1 aromatic heterocycles. The molecule has 1 saturated carbocycles.